The first kappa shape index (κ1) is 13.3. The molecule has 90 valence electrons. The molecule has 0 N–H and O–H groups in total. The van der Waals surface area contributed by atoms with Gasteiger partial charge in [-0.15, -0.1) is 0 Å². The molecule has 0 spiro atoms. The van der Waals surface area contributed by atoms with Gasteiger partial charge in [-0.25, -0.2) is 0 Å². The molecule has 7 heteroatoms. The third-order valence-corrected chi connectivity index (χ3v) is 2.48. The maximum Gasteiger partial charge on any atom is 0.416 e. The Morgan fingerprint density at radius 3 is 1.50 bits per heavy atom. The molecule has 0 atom stereocenters. The van der Waals surface area contributed by atoms with Crippen LogP contribution in [-0.4, -0.2) is 0 Å². The molecule has 0 amide bonds. The summed E-state index contributed by atoms with van der Waals surface area (Å²) in [6, 6.07) is 2.01. The van der Waals surface area contributed by atoms with Gasteiger partial charge in [-0.1, -0.05) is 22.0 Å². The minimum Gasteiger partial charge on any atom is -0.166 e. The Balaban J connectivity index is 3.45. The molecule has 0 aliphatic rings. The molecule has 0 fully saturated rings. The predicted molar refractivity (Wildman–Crippen MR) is 49.1 cm³/mol. The Labute approximate surface area is 95.4 Å². The molecule has 0 bridgehead atoms. The van der Waals surface area contributed by atoms with Crippen LogP contribution < -0.4 is 0 Å². The molecule has 0 heterocycles. The second-order valence-electron chi connectivity index (χ2n) is 2.96. The molecule has 0 unspecified atom stereocenters. The average molecular weight is 307 g/mol. The van der Waals surface area contributed by atoms with Gasteiger partial charge in [0.15, 0.2) is 0 Å². The molecule has 1 aromatic carbocycles. The smallest absolute Gasteiger partial charge is 0.166 e. The monoisotopic (exact) mass is 306 g/mol. The van der Waals surface area contributed by atoms with Crippen molar-refractivity contribution < 1.29 is 26.3 Å². The topological polar surface area (TPSA) is 0 Å². The van der Waals surface area contributed by atoms with E-state index >= 15 is 0 Å². The molecule has 0 saturated carbocycles. The highest BCUT2D eigenvalue weighted by molar-refractivity contribution is 9.08. The summed E-state index contributed by atoms with van der Waals surface area (Å²) in [6.45, 7) is 0. The molecular formula is C9H5BrF6. The second-order valence-corrected chi connectivity index (χ2v) is 3.52. The molecule has 0 nitrogen and oxygen atoms in total. The summed E-state index contributed by atoms with van der Waals surface area (Å²) in [4.78, 5) is 0. The summed E-state index contributed by atoms with van der Waals surface area (Å²) in [6.07, 6.45) is -9.57. The van der Waals surface area contributed by atoms with Crippen molar-refractivity contribution in [1.29, 1.82) is 0 Å². The van der Waals surface area contributed by atoms with Crippen LogP contribution in [0.5, 0.6) is 0 Å². The Morgan fingerprint density at radius 2 is 1.25 bits per heavy atom. The molecule has 1 aromatic rings. The SMILES string of the molecule is FC(F)(F)c1cccc(C(F)(F)F)c1CBr. The molecule has 0 saturated heterocycles. The number of benzene rings is 1. The van der Waals surface area contributed by atoms with Crippen LogP contribution in [-0.2, 0) is 17.7 Å². The van der Waals surface area contributed by atoms with Crippen molar-refractivity contribution >= 4 is 15.9 Å². The summed E-state index contributed by atoms with van der Waals surface area (Å²) >= 11 is 2.64. The first-order chi connectivity index (χ1) is 7.18. The van der Waals surface area contributed by atoms with Gasteiger partial charge >= 0.3 is 12.4 Å². The highest BCUT2D eigenvalue weighted by Gasteiger charge is 2.39. The highest BCUT2D eigenvalue weighted by Crippen LogP contribution is 2.39. The van der Waals surface area contributed by atoms with E-state index in [-0.39, 0.29) is 0 Å². The van der Waals surface area contributed by atoms with Gasteiger partial charge in [0.2, 0.25) is 0 Å². The first-order valence-corrected chi connectivity index (χ1v) is 5.12. The fraction of sp³-hybridized carbons (Fsp3) is 0.333. The zero-order valence-corrected chi connectivity index (χ0v) is 9.17. The summed E-state index contributed by atoms with van der Waals surface area (Å²) < 4.78 is 74.5. The van der Waals surface area contributed by atoms with Crippen molar-refractivity contribution in [2.45, 2.75) is 17.7 Å². The van der Waals surface area contributed by atoms with Crippen LogP contribution in [0.15, 0.2) is 18.2 Å². The van der Waals surface area contributed by atoms with E-state index < -0.39 is 34.4 Å². The highest BCUT2D eigenvalue weighted by atomic mass is 79.9. The Kier molecular flexibility index (Phi) is 3.56. The standard InChI is InChI=1S/C9H5BrF6/c10-4-5-6(8(11,12)13)2-1-3-7(5)9(14,15)16/h1-3H,4H2. The van der Waals surface area contributed by atoms with Gasteiger partial charge in [0.05, 0.1) is 11.1 Å². The van der Waals surface area contributed by atoms with Gasteiger partial charge < -0.3 is 0 Å². The minimum atomic E-state index is -4.79. The number of hydrogen-bond donors (Lipinski definition) is 0. The first-order valence-electron chi connectivity index (χ1n) is 4.00. The van der Waals surface area contributed by atoms with Gasteiger partial charge in [0.1, 0.15) is 0 Å². The van der Waals surface area contributed by atoms with E-state index in [1.54, 1.807) is 0 Å². The molecule has 0 aromatic heterocycles. The van der Waals surface area contributed by atoms with Gasteiger partial charge in [-0.2, -0.15) is 26.3 Å². The van der Waals surface area contributed by atoms with Crippen LogP contribution in [0, 0.1) is 0 Å². The normalized spacial score (nSPS) is 12.9. The Hall–Kier alpha value is -0.720. The summed E-state index contributed by atoms with van der Waals surface area (Å²) in [5.74, 6) is 0. The molecule has 16 heavy (non-hydrogen) atoms. The maximum atomic E-state index is 12.4. The predicted octanol–water partition coefficient (Wildman–Crippen LogP) is 4.62. The summed E-state index contributed by atoms with van der Waals surface area (Å²) in [5.41, 5.74) is -3.32. The fourth-order valence-electron chi connectivity index (χ4n) is 1.26. The third kappa shape index (κ3) is 2.69. The summed E-state index contributed by atoms with van der Waals surface area (Å²) in [5, 5.41) is -0.502. The number of alkyl halides is 7. The zero-order chi connectivity index (χ0) is 12.6. The fourth-order valence-corrected chi connectivity index (χ4v) is 1.87. The maximum absolute atomic E-state index is 12.4. The molecule has 1 rings (SSSR count). The number of rotatable bonds is 1. The van der Waals surface area contributed by atoms with E-state index in [9.17, 15) is 26.3 Å². The lowest BCUT2D eigenvalue weighted by atomic mass is 10.0. The van der Waals surface area contributed by atoms with Crippen LogP contribution in [0.3, 0.4) is 0 Å². The van der Waals surface area contributed by atoms with Crippen molar-refractivity contribution in [2.24, 2.45) is 0 Å². The molecule has 0 radical (unpaired) electrons. The van der Waals surface area contributed by atoms with Gasteiger partial charge in [-0.3, -0.25) is 0 Å². The lowest BCUT2D eigenvalue weighted by Crippen LogP contribution is -2.15. The van der Waals surface area contributed by atoms with Crippen LogP contribution in [0.2, 0.25) is 0 Å². The molecular weight excluding hydrogens is 302 g/mol. The lowest BCUT2D eigenvalue weighted by molar-refractivity contribution is -0.144. The quantitative estimate of drug-likeness (QED) is 0.524. The minimum absolute atomic E-state index is 0.502. The van der Waals surface area contributed by atoms with E-state index in [2.05, 4.69) is 15.9 Å². The van der Waals surface area contributed by atoms with Crippen molar-refractivity contribution in [3.05, 3.63) is 34.9 Å². The van der Waals surface area contributed by atoms with E-state index in [0.29, 0.717) is 12.1 Å². The van der Waals surface area contributed by atoms with Crippen LogP contribution in [0.4, 0.5) is 26.3 Å². The molecule has 0 aliphatic heterocycles. The summed E-state index contributed by atoms with van der Waals surface area (Å²) in [7, 11) is 0. The Morgan fingerprint density at radius 1 is 0.875 bits per heavy atom. The second kappa shape index (κ2) is 4.27. The Bertz CT molecular complexity index is 346. The van der Waals surface area contributed by atoms with Crippen LogP contribution >= 0.6 is 15.9 Å². The van der Waals surface area contributed by atoms with Crippen molar-refractivity contribution in [2.75, 3.05) is 0 Å². The van der Waals surface area contributed by atoms with Gasteiger partial charge in [0, 0.05) is 5.33 Å². The number of halogens is 7. The zero-order valence-electron chi connectivity index (χ0n) is 7.58. The van der Waals surface area contributed by atoms with Gasteiger partial charge in [-0.05, 0) is 17.7 Å². The van der Waals surface area contributed by atoms with Crippen LogP contribution in [0.1, 0.15) is 16.7 Å². The lowest BCUT2D eigenvalue weighted by Gasteiger charge is -2.16. The van der Waals surface area contributed by atoms with E-state index in [1.165, 1.54) is 0 Å². The van der Waals surface area contributed by atoms with E-state index in [0.717, 1.165) is 6.07 Å². The largest absolute Gasteiger partial charge is 0.416 e. The number of hydrogen-bond acceptors (Lipinski definition) is 0. The van der Waals surface area contributed by atoms with Gasteiger partial charge in [0.25, 0.3) is 0 Å². The van der Waals surface area contributed by atoms with Crippen molar-refractivity contribution in [3.63, 3.8) is 0 Å². The average Bonchev–Trinajstić information content (AvgIpc) is 2.13. The molecule has 0 aliphatic carbocycles. The third-order valence-electron chi connectivity index (χ3n) is 1.92. The van der Waals surface area contributed by atoms with Crippen molar-refractivity contribution in [1.82, 2.24) is 0 Å². The van der Waals surface area contributed by atoms with Crippen molar-refractivity contribution in [3.8, 4) is 0 Å². The van der Waals surface area contributed by atoms with Crippen LogP contribution in [0.25, 0.3) is 0 Å². The van der Waals surface area contributed by atoms with E-state index in [1.807, 2.05) is 0 Å². The van der Waals surface area contributed by atoms with E-state index in [4.69, 9.17) is 0 Å².